The largest absolute Gasteiger partial charge is 0.334 e. The average molecular weight is 298 g/mol. The average Bonchev–Trinajstić information content (AvgIpc) is 3.04. The normalized spacial score (nSPS) is 27.1. The lowest BCUT2D eigenvalue weighted by Crippen LogP contribution is -2.32. The van der Waals surface area contributed by atoms with Gasteiger partial charge in [-0.1, -0.05) is 6.92 Å². The molecule has 2 aliphatic rings. The third kappa shape index (κ3) is 2.27. The zero-order valence-electron chi connectivity index (χ0n) is 12.0. The summed E-state index contributed by atoms with van der Waals surface area (Å²) in [4.78, 5) is 4.26. The molecular formula is C13H22N4O2S. The van der Waals surface area contributed by atoms with Crippen LogP contribution in [-0.2, 0) is 16.6 Å². The number of hydrogen-bond donors (Lipinski definition) is 1. The molecule has 0 spiro atoms. The van der Waals surface area contributed by atoms with E-state index in [-0.39, 0.29) is 5.03 Å². The van der Waals surface area contributed by atoms with E-state index in [9.17, 15) is 8.42 Å². The first-order valence-corrected chi connectivity index (χ1v) is 8.71. The molecule has 2 aliphatic heterocycles. The molecular weight excluding hydrogens is 276 g/mol. The van der Waals surface area contributed by atoms with Crippen molar-refractivity contribution in [2.24, 2.45) is 11.8 Å². The molecule has 2 atom stereocenters. The van der Waals surface area contributed by atoms with E-state index in [1.165, 1.54) is 0 Å². The van der Waals surface area contributed by atoms with Crippen molar-refractivity contribution in [2.75, 3.05) is 26.2 Å². The van der Waals surface area contributed by atoms with Gasteiger partial charge >= 0.3 is 0 Å². The van der Waals surface area contributed by atoms with Gasteiger partial charge in [0, 0.05) is 25.8 Å². The molecule has 0 aliphatic carbocycles. The molecule has 112 valence electrons. The quantitative estimate of drug-likeness (QED) is 0.876. The van der Waals surface area contributed by atoms with E-state index in [0.29, 0.717) is 24.9 Å². The van der Waals surface area contributed by atoms with Gasteiger partial charge in [-0.25, -0.2) is 13.4 Å². The first-order chi connectivity index (χ1) is 9.52. The van der Waals surface area contributed by atoms with Crippen molar-refractivity contribution >= 4 is 10.0 Å². The highest BCUT2D eigenvalue weighted by Gasteiger charge is 2.42. The van der Waals surface area contributed by atoms with Crippen molar-refractivity contribution in [3.05, 3.63) is 12.0 Å². The molecule has 1 N–H and O–H groups in total. The first kappa shape index (κ1) is 14.0. The van der Waals surface area contributed by atoms with Gasteiger partial charge in [0.05, 0.1) is 0 Å². The second-order valence-corrected chi connectivity index (χ2v) is 7.70. The van der Waals surface area contributed by atoms with E-state index in [1.807, 2.05) is 11.5 Å². The summed E-state index contributed by atoms with van der Waals surface area (Å²) < 4.78 is 28.9. The zero-order chi connectivity index (χ0) is 14.3. The highest BCUT2D eigenvalue weighted by atomic mass is 32.2. The molecule has 0 amide bonds. The van der Waals surface area contributed by atoms with Gasteiger partial charge in [-0.3, -0.25) is 0 Å². The van der Waals surface area contributed by atoms with Crippen LogP contribution in [0.1, 0.15) is 19.2 Å². The van der Waals surface area contributed by atoms with Crippen molar-refractivity contribution in [1.29, 1.82) is 0 Å². The summed E-state index contributed by atoms with van der Waals surface area (Å²) in [6.45, 7) is 7.85. The van der Waals surface area contributed by atoms with Crippen LogP contribution in [0.2, 0.25) is 0 Å². The summed E-state index contributed by atoms with van der Waals surface area (Å²) >= 11 is 0. The summed E-state index contributed by atoms with van der Waals surface area (Å²) in [5.74, 6) is 1.69. The van der Waals surface area contributed by atoms with Crippen molar-refractivity contribution < 1.29 is 8.42 Å². The highest BCUT2D eigenvalue weighted by molar-refractivity contribution is 7.89. The van der Waals surface area contributed by atoms with E-state index in [2.05, 4.69) is 17.2 Å². The lowest BCUT2D eigenvalue weighted by atomic mass is 10.0. The van der Waals surface area contributed by atoms with Crippen LogP contribution in [0, 0.1) is 18.8 Å². The molecule has 0 aromatic carbocycles. The Morgan fingerprint density at radius 3 is 2.60 bits per heavy atom. The number of imidazole rings is 1. The van der Waals surface area contributed by atoms with Crippen LogP contribution in [0.15, 0.2) is 11.2 Å². The minimum Gasteiger partial charge on any atom is -0.334 e. The number of aromatic nitrogens is 2. The molecule has 2 saturated heterocycles. The molecule has 1 aromatic rings. The zero-order valence-corrected chi connectivity index (χ0v) is 12.9. The van der Waals surface area contributed by atoms with E-state index >= 15 is 0 Å². The molecule has 6 nitrogen and oxygen atoms in total. The Labute approximate surface area is 120 Å². The van der Waals surface area contributed by atoms with Crippen LogP contribution < -0.4 is 5.32 Å². The van der Waals surface area contributed by atoms with Crippen molar-refractivity contribution in [2.45, 2.75) is 31.8 Å². The Morgan fingerprint density at radius 1 is 1.35 bits per heavy atom. The van der Waals surface area contributed by atoms with Crippen LogP contribution in [0.3, 0.4) is 0 Å². The SMILES string of the molecule is CCCn1cc(S(=O)(=O)N2C[C@H]3CNC[C@H]3C2)nc1C. The number of hydrogen-bond acceptors (Lipinski definition) is 4. The third-order valence-corrected chi connectivity index (χ3v) is 6.08. The fourth-order valence-electron chi connectivity index (χ4n) is 3.21. The summed E-state index contributed by atoms with van der Waals surface area (Å²) in [6, 6.07) is 0. The van der Waals surface area contributed by atoms with E-state index in [0.717, 1.165) is 31.9 Å². The number of fused-ring (bicyclic) bond motifs is 1. The van der Waals surface area contributed by atoms with Gasteiger partial charge in [-0.2, -0.15) is 4.31 Å². The van der Waals surface area contributed by atoms with Gasteiger partial charge in [0.2, 0.25) is 0 Å². The van der Waals surface area contributed by atoms with Gasteiger partial charge in [0.15, 0.2) is 5.03 Å². The molecule has 0 radical (unpaired) electrons. The lowest BCUT2D eigenvalue weighted by molar-refractivity contribution is 0.446. The monoisotopic (exact) mass is 298 g/mol. The Kier molecular flexibility index (Phi) is 3.60. The standard InChI is InChI=1S/C13H22N4O2S/c1-3-4-16-9-13(15-10(16)2)20(18,19)17-7-11-5-14-6-12(11)8-17/h9,11-12,14H,3-8H2,1-2H3/t11-,12+. The van der Waals surface area contributed by atoms with Crippen molar-refractivity contribution in [1.82, 2.24) is 19.2 Å². The number of aryl methyl sites for hydroxylation is 2. The Bertz CT molecular complexity index is 584. The van der Waals surface area contributed by atoms with Gasteiger partial charge in [-0.15, -0.1) is 0 Å². The lowest BCUT2D eigenvalue weighted by Gasteiger charge is -2.15. The van der Waals surface area contributed by atoms with Crippen LogP contribution in [0.4, 0.5) is 0 Å². The van der Waals surface area contributed by atoms with Crippen LogP contribution in [-0.4, -0.2) is 48.5 Å². The fourth-order valence-corrected chi connectivity index (χ4v) is 4.76. The fraction of sp³-hybridized carbons (Fsp3) is 0.769. The molecule has 0 bridgehead atoms. The molecule has 3 rings (SSSR count). The van der Waals surface area contributed by atoms with Gasteiger partial charge in [-0.05, 0) is 38.3 Å². The molecule has 0 unspecified atom stereocenters. The molecule has 1 aromatic heterocycles. The summed E-state index contributed by atoms with van der Waals surface area (Å²) in [5.41, 5.74) is 0. The van der Waals surface area contributed by atoms with Crippen LogP contribution in [0.5, 0.6) is 0 Å². The maximum atomic E-state index is 12.7. The predicted octanol–water partition coefficient (Wildman–Crippen LogP) is 0.441. The molecule has 3 heterocycles. The van der Waals surface area contributed by atoms with E-state index in [1.54, 1.807) is 10.5 Å². The highest BCUT2D eigenvalue weighted by Crippen LogP contribution is 2.30. The summed E-state index contributed by atoms with van der Waals surface area (Å²) in [5, 5.41) is 3.53. The number of sulfonamides is 1. The smallest absolute Gasteiger partial charge is 0.262 e. The van der Waals surface area contributed by atoms with Crippen molar-refractivity contribution in [3.63, 3.8) is 0 Å². The summed E-state index contributed by atoms with van der Waals surface area (Å²) in [6.07, 6.45) is 2.65. The maximum absolute atomic E-state index is 12.7. The van der Waals surface area contributed by atoms with Crippen molar-refractivity contribution in [3.8, 4) is 0 Å². The first-order valence-electron chi connectivity index (χ1n) is 7.27. The third-order valence-electron chi connectivity index (χ3n) is 4.38. The second kappa shape index (κ2) is 5.13. The molecule has 7 heteroatoms. The maximum Gasteiger partial charge on any atom is 0.262 e. The number of nitrogens with zero attached hydrogens (tertiary/aromatic N) is 3. The Balaban J connectivity index is 1.83. The van der Waals surface area contributed by atoms with E-state index in [4.69, 9.17) is 0 Å². The topological polar surface area (TPSA) is 67.2 Å². The Morgan fingerprint density at radius 2 is 2.00 bits per heavy atom. The second-order valence-electron chi connectivity index (χ2n) is 5.82. The minimum atomic E-state index is -3.43. The number of nitrogens with one attached hydrogen (secondary N) is 1. The molecule has 20 heavy (non-hydrogen) atoms. The van der Waals surface area contributed by atoms with Crippen LogP contribution in [0.25, 0.3) is 0 Å². The summed E-state index contributed by atoms with van der Waals surface area (Å²) in [7, 11) is -3.43. The molecule has 2 fully saturated rings. The Hall–Kier alpha value is -0.920. The number of rotatable bonds is 4. The minimum absolute atomic E-state index is 0.205. The van der Waals surface area contributed by atoms with Gasteiger partial charge in [0.1, 0.15) is 5.82 Å². The molecule has 0 saturated carbocycles. The van der Waals surface area contributed by atoms with E-state index < -0.39 is 10.0 Å². The van der Waals surface area contributed by atoms with Gasteiger partial charge < -0.3 is 9.88 Å². The van der Waals surface area contributed by atoms with Gasteiger partial charge in [0.25, 0.3) is 10.0 Å². The van der Waals surface area contributed by atoms with Crippen LogP contribution >= 0.6 is 0 Å². The predicted molar refractivity (Wildman–Crippen MR) is 75.9 cm³/mol.